The van der Waals surface area contributed by atoms with E-state index in [4.69, 9.17) is 10.5 Å². The second-order valence-electron chi connectivity index (χ2n) is 4.07. The SMILES string of the molecule is CCOC(=O)CC(N)c1cncc2ccccc12. The molecule has 0 fully saturated rings. The molecule has 2 aromatic rings. The smallest absolute Gasteiger partial charge is 0.307 e. The highest BCUT2D eigenvalue weighted by molar-refractivity contribution is 5.85. The lowest BCUT2D eigenvalue weighted by Gasteiger charge is -2.13. The number of esters is 1. The van der Waals surface area contributed by atoms with Crippen LogP contribution in [0.1, 0.15) is 24.9 Å². The summed E-state index contributed by atoms with van der Waals surface area (Å²) in [6.45, 7) is 2.15. The van der Waals surface area contributed by atoms with E-state index < -0.39 is 0 Å². The van der Waals surface area contributed by atoms with E-state index in [1.165, 1.54) is 0 Å². The lowest BCUT2D eigenvalue weighted by molar-refractivity contribution is -0.143. The van der Waals surface area contributed by atoms with Crippen molar-refractivity contribution in [2.24, 2.45) is 5.73 Å². The summed E-state index contributed by atoms with van der Waals surface area (Å²) in [5, 5.41) is 2.05. The molecule has 1 heterocycles. The van der Waals surface area contributed by atoms with Crippen molar-refractivity contribution in [3.8, 4) is 0 Å². The molecule has 2 N–H and O–H groups in total. The maximum atomic E-state index is 11.4. The quantitative estimate of drug-likeness (QED) is 0.837. The number of fused-ring (bicyclic) bond motifs is 1. The summed E-state index contributed by atoms with van der Waals surface area (Å²) in [5.41, 5.74) is 6.93. The summed E-state index contributed by atoms with van der Waals surface area (Å²) in [6.07, 6.45) is 3.67. The Hall–Kier alpha value is -1.94. The predicted molar refractivity (Wildman–Crippen MR) is 69.9 cm³/mol. The molecule has 0 aliphatic carbocycles. The number of nitrogens with two attached hydrogens (primary N) is 1. The second-order valence-corrected chi connectivity index (χ2v) is 4.07. The average Bonchev–Trinajstić information content (AvgIpc) is 2.38. The Bertz CT molecular complexity index is 549. The van der Waals surface area contributed by atoms with E-state index in [1.54, 1.807) is 19.3 Å². The molecule has 4 nitrogen and oxygen atoms in total. The van der Waals surface area contributed by atoms with Crippen molar-refractivity contribution in [3.05, 3.63) is 42.2 Å². The van der Waals surface area contributed by atoms with Gasteiger partial charge in [-0.25, -0.2) is 0 Å². The predicted octanol–water partition coefficient (Wildman–Crippen LogP) is 2.19. The van der Waals surface area contributed by atoms with Crippen LogP contribution in [0.15, 0.2) is 36.7 Å². The summed E-state index contributed by atoms with van der Waals surface area (Å²) < 4.78 is 4.91. The van der Waals surface area contributed by atoms with Crippen LogP contribution in [0.4, 0.5) is 0 Å². The molecule has 0 saturated carbocycles. The number of rotatable bonds is 4. The number of aromatic nitrogens is 1. The van der Waals surface area contributed by atoms with Crippen molar-refractivity contribution >= 4 is 16.7 Å². The number of hydrogen-bond donors (Lipinski definition) is 1. The molecule has 18 heavy (non-hydrogen) atoms. The van der Waals surface area contributed by atoms with Crippen molar-refractivity contribution in [3.63, 3.8) is 0 Å². The first kappa shape index (κ1) is 12.5. The van der Waals surface area contributed by atoms with Gasteiger partial charge in [0.15, 0.2) is 0 Å². The standard InChI is InChI=1S/C14H16N2O2/c1-2-18-14(17)7-13(15)12-9-16-8-10-5-3-4-6-11(10)12/h3-6,8-9,13H,2,7,15H2,1H3. The highest BCUT2D eigenvalue weighted by Crippen LogP contribution is 2.23. The lowest BCUT2D eigenvalue weighted by atomic mass is 10.0. The van der Waals surface area contributed by atoms with Gasteiger partial charge in [0.2, 0.25) is 0 Å². The lowest BCUT2D eigenvalue weighted by Crippen LogP contribution is -2.17. The summed E-state index contributed by atoms with van der Waals surface area (Å²) in [7, 11) is 0. The third-order valence-electron chi connectivity index (χ3n) is 2.79. The molecule has 0 amide bonds. The van der Waals surface area contributed by atoms with Crippen LogP contribution in [0, 0.1) is 0 Å². The van der Waals surface area contributed by atoms with E-state index in [1.807, 2.05) is 24.3 Å². The van der Waals surface area contributed by atoms with Crippen LogP contribution in [-0.4, -0.2) is 17.6 Å². The zero-order chi connectivity index (χ0) is 13.0. The maximum absolute atomic E-state index is 11.4. The molecule has 0 aliphatic rings. The minimum absolute atomic E-state index is 0.170. The Morgan fingerprint density at radius 3 is 2.94 bits per heavy atom. The number of nitrogens with zero attached hydrogens (tertiary/aromatic N) is 1. The highest BCUT2D eigenvalue weighted by Gasteiger charge is 2.15. The van der Waals surface area contributed by atoms with Gasteiger partial charge in [-0.2, -0.15) is 0 Å². The average molecular weight is 244 g/mol. The minimum Gasteiger partial charge on any atom is -0.466 e. The van der Waals surface area contributed by atoms with Gasteiger partial charge >= 0.3 is 5.97 Å². The van der Waals surface area contributed by atoms with Gasteiger partial charge in [-0.1, -0.05) is 24.3 Å². The van der Waals surface area contributed by atoms with Gasteiger partial charge in [-0.15, -0.1) is 0 Å². The zero-order valence-corrected chi connectivity index (χ0v) is 10.3. The van der Waals surface area contributed by atoms with Crippen LogP contribution in [0.5, 0.6) is 0 Å². The molecule has 94 valence electrons. The van der Waals surface area contributed by atoms with Crippen LogP contribution in [0.25, 0.3) is 10.8 Å². The van der Waals surface area contributed by atoms with Crippen molar-refractivity contribution < 1.29 is 9.53 Å². The van der Waals surface area contributed by atoms with Gasteiger partial charge < -0.3 is 10.5 Å². The molecule has 0 radical (unpaired) electrons. The van der Waals surface area contributed by atoms with Crippen LogP contribution in [0.2, 0.25) is 0 Å². The van der Waals surface area contributed by atoms with Crippen LogP contribution in [-0.2, 0) is 9.53 Å². The Labute approximate surface area is 106 Å². The third-order valence-corrected chi connectivity index (χ3v) is 2.79. The van der Waals surface area contributed by atoms with E-state index in [0.29, 0.717) is 6.61 Å². The molecular weight excluding hydrogens is 228 g/mol. The first-order valence-electron chi connectivity index (χ1n) is 5.96. The Kier molecular flexibility index (Phi) is 3.89. The molecule has 0 aliphatic heterocycles. The Morgan fingerprint density at radius 2 is 2.17 bits per heavy atom. The normalized spacial score (nSPS) is 12.3. The Balaban J connectivity index is 2.27. The van der Waals surface area contributed by atoms with Gasteiger partial charge in [0.1, 0.15) is 0 Å². The zero-order valence-electron chi connectivity index (χ0n) is 10.3. The fraction of sp³-hybridized carbons (Fsp3) is 0.286. The van der Waals surface area contributed by atoms with E-state index >= 15 is 0 Å². The monoisotopic (exact) mass is 244 g/mol. The molecule has 0 saturated heterocycles. The van der Waals surface area contributed by atoms with Crippen LogP contribution in [0.3, 0.4) is 0 Å². The van der Waals surface area contributed by atoms with Gasteiger partial charge in [-0.3, -0.25) is 9.78 Å². The molecule has 1 unspecified atom stereocenters. The third kappa shape index (κ3) is 2.65. The fourth-order valence-electron chi connectivity index (χ4n) is 1.94. The highest BCUT2D eigenvalue weighted by atomic mass is 16.5. The van der Waals surface area contributed by atoms with Gasteiger partial charge in [-0.05, 0) is 17.9 Å². The van der Waals surface area contributed by atoms with Crippen molar-refractivity contribution in [1.82, 2.24) is 4.98 Å². The van der Waals surface area contributed by atoms with Crippen molar-refractivity contribution in [1.29, 1.82) is 0 Å². The minimum atomic E-state index is -0.386. The molecule has 0 spiro atoms. The molecule has 1 aromatic carbocycles. The molecule has 2 rings (SSSR count). The molecule has 4 heteroatoms. The first-order chi connectivity index (χ1) is 8.72. The number of benzene rings is 1. The topological polar surface area (TPSA) is 65.2 Å². The number of carbonyl (C=O) groups excluding carboxylic acids is 1. The second kappa shape index (κ2) is 5.60. The molecular formula is C14H16N2O2. The summed E-state index contributed by atoms with van der Waals surface area (Å²) in [4.78, 5) is 15.6. The number of carbonyl (C=O) groups is 1. The van der Waals surface area contributed by atoms with Gasteiger partial charge in [0.25, 0.3) is 0 Å². The molecule has 1 aromatic heterocycles. The van der Waals surface area contributed by atoms with E-state index in [9.17, 15) is 4.79 Å². The first-order valence-corrected chi connectivity index (χ1v) is 5.96. The molecule has 0 bridgehead atoms. The van der Waals surface area contributed by atoms with E-state index in [0.717, 1.165) is 16.3 Å². The number of pyridine rings is 1. The summed E-state index contributed by atoms with van der Waals surface area (Å²) >= 11 is 0. The Morgan fingerprint density at radius 1 is 1.39 bits per heavy atom. The van der Waals surface area contributed by atoms with Crippen LogP contribution < -0.4 is 5.73 Å². The maximum Gasteiger partial charge on any atom is 0.307 e. The van der Waals surface area contributed by atoms with E-state index in [2.05, 4.69) is 4.98 Å². The van der Waals surface area contributed by atoms with Crippen molar-refractivity contribution in [2.75, 3.05) is 6.61 Å². The van der Waals surface area contributed by atoms with Gasteiger partial charge in [0.05, 0.1) is 13.0 Å². The van der Waals surface area contributed by atoms with E-state index in [-0.39, 0.29) is 18.4 Å². The summed E-state index contributed by atoms with van der Waals surface area (Å²) in [6, 6.07) is 7.47. The summed E-state index contributed by atoms with van der Waals surface area (Å²) in [5.74, 6) is -0.280. The molecule has 1 atom stereocenters. The number of hydrogen-bond acceptors (Lipinski definition) is 4. The largest absolute Gasteiger partial charge is 0.466 e. The van der Waals surface area contributed by atoms with Crippen molar-refractivity contribution in [2.45, 2.75) is 19.4 Å². The fourth-order valence-corrected chi connectivity index (χ4v) is 1.94. The number of ether oxygens (including phenoxy) is 1. The van der Waals surface area contributed by atoms with Gasteiger partial charge in [0, 0.05) is 23.8 Å². The van der Waals surface area contributed by atoms with Crippen LogP contribution >= 0.6 is 0 Å².